The van der Waals surface area contributed by atoms with Crippen molar-refractivity contribution in [2.45, 2.75) is 33.6 Å². The summed E-state index contributed by atoms with van der Waals surface area (Å²) in [5.74, 6) is 0. The van der Waals surface area contributed by atoms with Crippen LogP contribution in [-0.2, 0) is 9.47 Å². The number of hydrogen-bond donors (Lipinski definition) is 2. The highest BCUT2D eigenvalue weighted by atomic mass is 16.5. The molecule has 0 heterocycles. The smallest absolute Gasteiger partial charge is 0.0554 e. The summed E-state index contributed by atoms with van der Waals surface area (Å²) in [6.45, 7) is 14.0. The molecule has 0 aliphatic heterocycles. The van der Waals surface area contributed by atoms with Crippen molar-refractivity contribution < 1.29 is 9.47 Å². The molecule has 0 spiro atoms. The molecule has 0 aromatic rings. The van der Waals surface area contributed by atoms with Crippen molar-refractivity contribution in [2.75, 3.05) is 59.2 Å². The molecule has 0 aliphatic carbocycles. The molecule has 20 heavy (non-hydrogen) atoms. The lowest BCUT2D eigenvalue weighted by atomic mass is 9.92. The molecule has 0 saturated heterocycles. The predicted molar refractivity (Wildman–Crippen MR) is 84.9 cm³/mol. The summed E-state index contributed by atoms with van der Waals surface area (Å²) in [7, 11) is 0. The van der Waals surface area contributed by atoms with Crippen LogP contribution in [0.3, 0.4) is 0 Å². The molecule has 0 aliphatic rings. The van der Waals surface area contributed by atoms with Gasteiger partial charge in [-0.1, -0.05) is 20.8 Å². The zero-order valence-electron chi connectivity index (χ0n) is 13.7. The van der Waals surface area contributed by atoms with Crippen molar-refractivity contribution in [2.24, 2.45) is 16.9 Å². The molecular formula is C15H35N3O2. The Hall–Kier alpha value is -0.200. The molecule has 4 N–H and O–H groups in total. The monoisotopic (exact) mass is 289 g/mol. The minimum atomic E-state index is 0.0230. The maximum Gasteiger partial charge on any atom is 0.0554 e. The van der Waals surface area contributed by atoms with E-state index in [4.69, 9.17) is 20.9 Å². The molecule has 0 aromatic heterocycles. The summed E-state index contributed by atoms with van der Waals surface area (Å²) >= 11 is 0. The van der Waals surface area contributed by atoms with Crippen molar-refractivity contribution in [3.63, 3.8) is 0 Å². The second kappa shape index (κ2) is 12.5. The summed E-state index contributed by atoms with van der Waals surface area (Å²) in [4.78, 5) is 2.42. The maximum absolute atomic E-state index is 5.77. The van der Waals surface area contributed by atoms with Crippen LogP contribution in [0.2, 0.25) is 0 Å². The van der Waals surface area contributed by atoms with Gasteiger partial charge in [0.2, 0.25) is 0 Å². The number of nitrogens with two attached hydrogens (primary N) is 2. The quantitative estimate of drug-likeness (QED) is 0.468. The molecular weight excluding hydrogens is 254 g/mol. The molecule has 0 rings (SSSR count). The Kier molecular flexibility index (Phi) is 12.4. The Morgan fingerprint density at radius 1 is 0.900 bits per heavy atom. The molecule has 0 unspecified atom stereocenters. The Morgan fingerprint density at radius 3 is 1.70 bits per heavy atom. The van der Waals surface area contributed by atoms with Gasteiger partial charge >= 0.3 is 0 Å². The summed E-state index contributed by atoms with van der Waals surface area (Å²) in [6, 6.07) is 0. The van der Waals surface area contributed by atoms with Gasteiger partial charge in [0.1, 0.15) is 0 Å². The summed E-state index contributed by atoms with van der Waals surface area (Å²) < 4.78 is 11.5. The normalized spacial score (nSPS) is 12.3. The second-order valence-electron chi connectivity index (χ2n) is 5.66. The molecule has 0 aromatic carbocycles. The van der Waals surface area contributed by atoms with E-state index in [1.54, 1.807) is 0 Å². The van der Waals surface area contributed by atoms with Crippen molar-refractivity contribution in [1.82, 2.24) is 4.90 Å². The fourth-order valence-electron chi connectivity index (χ4n) is 2.13. The topological polar surface area (TPSA) is 73.7 Å². The zero-order chi connectivity index (χ0) is 15.3. The first kappa shape index (κ1) is 19.8. The second-order valence-corrected chi connectivity index (χ2v) is 5.66. The Labute approximate surface area is 125 Å². The lowest BCUT2D eigenvalue weighted by Crippen LogP contribution is -2.42. The fraction of sp³-hybridized carbons (Fsp3) is 1.00. The molecule has 0 fully saturated rings. The van der Waals surface area contributed by atoms with E-state index in [0.29, 0.717) is 26.3 Å². The third kappa shape index (κ3) is 9.66. The van der Waals surface area contributed by atoms with Gasteiger partial charge in [-0.2, -0.15) is 0 Å². The predicted octanol–water partition coefficient (Wildman–Crippen LogP) is 1.07. The highest BCUT2D eigenvalue weighted by molar-refractivity contribution is 4.78. The standard InChI is InChI=1S/C15H35N3O2/c1-4-18(5-2)12-15(3,13-19-10-6-8-16)14-20-11-7-9-17/h4-14,16-17H2,1-3H3. The van der Waals surface area contributed by atoms with Gasteiger partial charge in [0.05, 0.1) is 13.2 Å². The van der Waals surface area contributed by atoms with Crippen LogP contribution in [0.5, 0.6) is 0 Å². The Bertz CT molecular complexity index is 199. The third-order valence-corrected chi connectivity index (χ3v) is 3.39. The highest BCUT2D eigenvalue weighted by Crippen LogP contribution is 2.20. The van der Waals surface area contributed by atoms with Crippen LogP contribution < -0.4 is 11.5 Å². The Morgan fingerprint density at radius 2 is 1.35 bits per heavy atom. The van der Waals surface area contributed by atoms with E-state index in [1.165, 1.54) is 0 Å². The van der Waals surface area contributed by atoms with Crippen molar-refractivity contribution >= 4 is 0 Å². The SMILES string of the molecule is CCN(CC)CC(C)(COCCCN)COCCCN. The fourth-order valence-corrected chi connectivity index (χ4v) is 2.13. The maximum atomic E-state index is 5.77. The van der Waals surface area contributed by atoms with Crippen LogP contribution in [0.25, 0.3) is 0 Å². The van der Waals surface area contributed by atoms with Gasteiger partial charge in [-0.3, -0.25) is 0 Å². The number of nitrogens with zero attached hydrogens (tertiary/aromatic N) is 1. The average Bonchev–Trinajstić information content (AvgIpc) is 2.46. The van der Waals surface area contributed by atoms with Gasteiger partial charge < -0.3 is 25.8 Å². The van der Waals surface area contributed by atoms with E-state index in [0.717, 1.165) is 45.7 Å². The van der Waals surface area contributed by atoms with E-state index in [1.807, 2.05) is 0 Å². The molecule has 5 heteroatoms. The number of hydrogen-bond acceptors (Lipinski definition) is 5. The number of ether oxygens (including phenoxy) is 2. The Balaban J connectivity index is 4.25. The van der Waals surface area contributed by atoms with Crippen LogP contribution >= 0.6 is 0 Å². The van der Waals surface area contributed by atoms with E-state index < -0.39 is 0 Å². The minimum Gasteiger partial charge on any atom is -0.381 e. The molecule has 5 nitrogen and oxygen atoms in total. The highest BCUT2D eigenvalue weighted by Gasteiger charge is 2.27. The molecule has 122 valence electrons. The van der Waals surface area contributed by atoms with Crippen molar-refractivity contribution in [3.8, 4) is 0 Å². The largest absolute Gasteiger partial charge is 0.381 e. The van der Waals surface area contributed by atoms with Gasteiger partial charge in [-0.05, 0) is 39.0 Å². The van der Waals surface area contributed by atoms with Crippen LogP contribution in [0.15, 0.2) is 0 Å². The van der Waals surface area contributed by atoms with Crippen LogP contribution in [-0.4, -0.2) is 64.1 Å². The summed E-state index contributed by atoms with van der Waals surface area (Å²) in [5, 5.41) is 0. The molecule has 0 radical (unpaired) electrons. The van der Waals surface area contributed by atoms with E-state index in [-0.39, 0.29) is 5.41 Å². The van der Waals surface area contributed by atoms with Crippen molar-refractivity contribution in [1.29, 1.82) is 0 Å². The molecule has 0 amide bonds. The lowest BCUT2D eigenvalue weighted by molar-refractivity contribution is -0.0294. The first-order valence-electron chi connectivity index (χ1n) is 7.89. The third-order valence-electron chi connectivity index (χ3n) is 3.39. The van der Waals surface area contributed by atoms with Crippen molar-refractivity contribution in [3.05, 3.63) is 0 Å². The molecule has 0 bridgehead atoms. The molecule has 0 saturated carbocycles. The summed E-state index contributed by atoms with van der Waals surface area (Å²) in [5.41, 5.74) is 11.0. The van der Waals surface area contributed by atoms with Gasteiger partial charge in [0.25, 0.3) is 0 Å². The lowest BCUT2D eigenvalue weighted by Gasteiger charge is -2.34. The van der Waals surface area contributed by atoms with Crippen LogP contribution in [0.1, 0.15) is 33.6 Å². The molecule has 0 atom stereocenters. The van der Waals surface area contributed by atoms with E-state index >= 15 is 0 Å². The zero-order valence-corrected chi connectivity index (χ0v) is 13.7. The number of rotatable bonds is 14. The summed E-state index contributed by atoms with van der Waals surface area (Å²) in [6.07, 6.45) is 1.82. The first-order valence-corrected chi connectivity index (χ1v) is 7.89. The van der Waals surface area contributed by atoms with Crippen LogP contribution in [0.4, 0.5) is 0 Å². The van der Waals surface area contributed by atoms with Gasteiger partial charge in [-0.25, -0.2) is 0 Å². The average molecular weight is 289 g/mol. The van der Waals surface area contributed by atoms with Crippen LogP contribution in [0, 0.1) is 5.41 Å². The first-order chi connectivity index (χ1) is 9.61. The van der Waals surface area contributed by atoms with E-state index in [2.05, 4.69) is 25.7 Å². The van der Waals surface area contributed by atoms with Gasteiger partial charge in [0, 0.05) is 25.2 Å². The van der Waals surface area contributed by atoms with Gasteiger partial charge in [0.15, 0.2) is 0 Å². The minimum absolute atomic E-state index is 0.0230. The van der Waals surface area contributed by atoms with E-state index in [9.17, 15) is 0 Å². The van der Waals surface area contributed by atoms with Gasteiger partial charge in [-0.15, -0.1) is 0 Å².